The number of hydrogen-bond acceptors (Lipinski definition) is 2. The summed E-state index contributed by atoms with van der Waals surface area (Å²) < 4.78 is 10.8. The number of carbonyl (C=O) groups is 1. The summed E-state index contributed by atoms with van der Waals surface area (Å²) in [5.41, 5.74) is 1.15. The Hall–Kier alpha value is -0.960. The summed E-state index contributed by atoms with van der Waals surface area (Å²) in [4.78, 5) is 29.4. The van der Waals surface area contributed by atoms with Crippen molar-refractivity contribution in [2.45, 2.75) is 39.0 Å². The topological polar surface area (TPSA) is 74.6 Å². The fraction of sp³-hybridized carbons (Fsp3) is 0.533. The fourth-order valence-corrected chi connectivity index (χ4v) is 2.85. The quantitative estimate of drug-likeness (QED) is 0.758. The van der Waals surface area contributed by atoms with Gasteiger partial charge in [0.2, 0.25) is 0 Å². The van der Waals surface area contributed by atoms with Crippen molar-refractivity contribution >= 4 is 13.4 Å². The molecule has 0 aliphatic heterocycles. The van der Waals surface area contributed by atoms with Gasteiger partial charge in [0.1, 0.15) is 11.9 Å². The van der Waals surface area contributed by atoms with Crippen molar-refractivity contribution in [1.82, 2.24) is 0 Å². The molecule has 5 heteroatoms. The monoisotopic (exact) mass is 298 g/mol. The molecular formula is C15H23O4P. The normalized spacial score (nSPS) is 14.1. The minimum atomic E-state index is -4.25. The van der Waals surface area contributed by atoms with Gasteiger partial charge in [0, 0.05) is 5.92 Å². The van der Waals surface area contributed by atoms with Crippen molar-refractivity contribution in [2.75, 3.05) is 6.16 Å². The highest BCUT2D eigenvalue weighted by Gasteiger charge is 2.26. The van der Waals surface area contributed by atoms with Crippen LogP contribution in [0.5, 0.6) is 0 Å². The second-order valence-electron chi connectivity index (χ2n) is 5.98. The summed E-state index contributed by atoms with van der Waals surface area (Å²) in [6.45, 7) is 5.96. The molecule has 112 valence electrons. The molecule has 4 nitrogen and oxygen atoms in total. The van der Waals surface area contributed by atoms with E-state index in [2.05, 4.69) is 26.0 Å². The largest absolute Gasteiger partial charge is 0.332 e. The molecule has 1 aromatic carbocycles. The van der Waals surface area contributed by atoms with E-state index in [1.54, 1.807) is 6.92 Å². The standard InChI is InChI=1S/C15H23O4P/c1-12(14(16)11-20(17,18)19)9-10-15(2,3)13-7-5-4-6-8-13/h4-8,12H,9-11H2,1-3H3,(H2,17,18,19)/t12-/m1/s1. The van der Waals surface area contributed by atoms with Gasteiger partial charge >= 0.3 is 7.60 Å². The van der Waals surface area contributed by atoms with Crippen molar-refractivity contribution in [1.29, 1.82) is 0 Å². The summed E-state index contributed by atoms with van der Waals surface area (Å²) in [5, 5.41) is 0. The van der Waals surface area contributed by atoms with Crippen LogP contribution in [0.3, 0.4) is 0 Å². The van der Waals surface area contributed by atoms with Crippen molar-refractivity contribution in [2.24, 2.45) is 5.92 Å². The first-order chi connectivity index (χ1) is 9.12. The van der Waals surface area contributed by atoms with E-state index in [1.165, 1.54) is 5.56 Å². The van der Waals surface area contributed by atoms with Crippen molar-refractivity contribution in [3.63, 3.8) is 0 Å². The van der Waals surface area contributed by atoms with Crippen LogP contribution in [0.2, 0.25) is 0 Å². The number of rotatable bonds is 7. The molecule has 1 atom stereocenters. The zero-order valence-electron chi connectivity index (χ0n) is 12.2. The average Bonchev–Trinajstić information content (AvgIpc) is 2.35. The highest BCUT2D eigenvalue weighted by Crippen LogP contribution is 2.36. The predicted octanol–water partition coefficient (Wildman–Crippen LogP) is 3.13. The molecule has 1 rings (SSSR count). The van der Waals surface area contributed by atoms with Gasteiger partial charge in [0.15, 0.2) is 0 Å². The Morgan fingerprint density at radius 1 is 1.25 bits per heavy atom. The van der Waals surface area contributed by atoms with Crippen LogP contribution in [-0.4, -0.2) is 21.7 Å². The molecular weight excluding hydrogens is 275 g/mol. The Balaban J connectivity index is 2.58. The Morgan fingerprint density at radius 2 is 1.80 bits per heavy atom. The van der Waals surface area contributed by atoms with Gasteiger partial charge < -0.3 is 9.79 Å². The highest BCUT2D eigenvalue weighted by atomic mass is 31.2. The summed E-state index contributed by atoms with van der Waals surface area (Å²) in [6, 6.07) is 10.1. The second kappa shape index (κ2) is 6.66. The maximum atomic E-state index is 11.7. The molecule has 1 aromatic rings. The van der Waals surface area contributed by atoms with Gasteiger partial charge in [-0.1, -0.05) is 51.1 Å². The third kappa shape index (κ3) is 5.58. The van der Waals surface area contributed by atoms with E-state index < -0.39 is 13.8 Å². The lowest BCUT2D eigenvalue weighted by molar-refractivity contribution is -0.120. The molecule has 0 heterocycles. The predicted molar refractivity (Wildman–Crippen MR) is 79.8 cm³/mol. The van der Waals surface area contributed by atoms with Crippen LogP contribution in [-0.2, 0) is 14.8 Å². The van der Waals surface area contributed by atoms with Crippen LogP contribution in [0.4, 0.5) is 0 Å². The van der Waals surface area contributed by atoms with Gasteiger partial charge in [-0.25, -0.2) is 0 Å². The Labute approximate surface area is 120 Å². The summed E-state index contributed by atoms with van der Waals surface area (Å²) >= 11 is 0. The van der Waals surface area contributed by atoms with Crippen LogP contribution < -0.4 is 0 Å². The number of benzene rings is 1. The number of Topliss-reactive ketones (excluding diaryl/α,β-unsaturated/α-hetero) is 1. The van der Waals surface area contributed by atoms with Crippen molar-refractivity contribution in [3.8, 4) is 0 Å². The number of hydrogen-bond donors (Lipinski definition) is 2. The zero-order chi connectivity index (χ0) is 15.4. The molecule has 0 saturated carbocycles. The molecule has 0 unspecified atom stereocenters. The average molecular weight is 298 g/mol. The van der Waals surface area contributed by atoms with Gasteiger partial charge in [0.05, 0.1) is 0 Å². The molecule has 0 aliphatic rings. The maximum Gasteiger partial charge on any atom is 0.332 e. The smallest absolute Gasteiger partial charge is 0.324 e. The lowest BCUT2D eigenvalue weighted by atomic mass is 9.78. The van der Waals surface area contributed by atoms with E-state index in [1.807, 2.05) is 18.2 Å². The van der Waals surface area contributed by atoms with Crippen LogP contribution in [0.15, 0.2) is 30.3 Å². The van der Waals surface area contributed by atoms with Gasteiger partial charge in [-0.05, 0) is 23.8 Å². The van der Waals surface area contributed by atoms with Gasteiger partial charge in [-0.15, -0.1) is 0 Å². The molecule has 0 radical (unpaired) electrons. The van der Waals surface area contributed by atoms with Gasteiger partial charge in [0.25, 0.3) is 0 Å². The molecule has 0 saturated heterocycles. The SMILES string of the molecule is C[C@H](CCC(C)(C)c1ccccc1)C(=O)CP(=O)(O)O. The first-order valence-electron chi connectivity index (χ1n) is 6.74. The summed E-state index contributed by atoms with van der Waals surface area (Å²) in [6.07, 6.45) is 0.770. The first kappa shape index (κ1) is 17.1. The lowest BCUT2D eigenvalue weighted by Crippen LogP contribution is -2.22. The summed E-state index contributed by atoms with van der Waals surface area (Å²) in [7, 11) is -4.25. The Morgan fingerprint density at radius 3 is 2.30 bits per heavy atom. The van der Waals surface area contributed by atoms with E-state index >= 15 is 0 Å². The van der Waals surface area contributed by atoms with Crippen molar-refractivity contribution in [3.05, 3.63) is 35.9 Å². The number of carbonyl (C=O) groups excluding carboxylic acids is 1. The fourth-order valence-electron chi connectivity index (χ4n) is 2.13. The first-order valence-corrected chi connectivity index (χ1v) is 8.54. The van der Waals surface area contributed by atoms with Crippen LogP contribution in [0.25, 0.3) is 0 Å². The Kier molecular flexibility index (Phi) is 5.69. The molecule has 0 amide bonds. The molecule has 0 aromatic heterocycles. The van der Waals surface area contributed by atoms with Crippen LogP contribution in [0, 0.1) is 5.92 Å². The minimum Gasteiger partial charge on any atom is -0.324 e. The molecule has 20 heavy (non-hydrogen) atoms. The molecule has 0 aliphatic carbocycles. The Bertz CT molecular complexity index is 490. The van der Waals surface area contributed by atoms with E-state index in [-0.39, 0.29) is 17.1 Å². The third-order valence-corrected chi connectivity index (χ3v) is 4.39. The molecule has 0 bridgehead atoms. The number of ketones is 1. The summed E-state index contributed by atoms with van der Waals surface area (Å²) in [5.74, 6) is -0.687. The van der Waals surface area contributed by atoms with E-state index in [9.17, 15) is 9.36 Å². The van der Waals surface area contributed by atoms with Crippen LogP contribution in [0.1, 0.15) is 39.2 Å². The highest BCUT2D eigenvalue weighted by molar-refractivity contribution is 7.52. The lowest BCUT2D eigenvalue weighted by Gasteiger charge is -2.26. The molecule has 0 spiro atoms. The van der Waals surface area contributed by atoms with Gasteiger partial charge in [-0.2, -0.15) is 0 Å². The van der Waals surface area contributed by atoms with Gasteiger partial charge in [-0.3, -0.25) is 9.36 Å². The third-order valence-electron chi connectivity index (χ3n) is 3.67. The minimum absolute atomic E-state index is 0.0576. The van der Waals surface area contributed by atoms with Crippen LogP contribution >= 0.6 is 7.60 Å². The zero-order valence-corrected chi connectivity index (χ0v) is 13.1. The van der Waals surface area contributed by atoms with E-state index in [0.717, 1.165) is 6.42 Å². The van der Waals surface area contributed by atoms with Crippen molar-refractivity contribution < 1.29 is 19.1 Å². The van der Waals surface area contributed by atoms with E-state index in [4.69, 9.17) is 9.79 Å². The molecule has 0 fully saturated rings. The van der Waals surface area contributed by atoms with E-state index in [0.29, 0.717) is 6.42 Å². The second-order valence-corrected chi connectivity index (χ2v) is 7.62. The molecule has 2 N–H and O–H groups in total. The maximum absolute atomic E-state index is 11.7.